The van der Waals surface area contributed by atoms with E-state index in [-0.39, 0.29) is 6.04 Å². The predicted octanol–water partition coefficient (Wildman–Crippen LogP) is 0.981. The van der Waals surface area contributed by atoms with Crippen LogP contribution >= 0.6 is 0 Å². The number of sulfone groups is 1. The van der Waals surface area contributed by atoms with Gasteiger partial charge in [0.05, 0.1) is 19.5 Å². The van der Waals surface area contributed by atoms with E-state index < -0.39 is 9.84 Å². The molecule has 2 N–H and O–H groups in total. The van der Waals surface area contributed by atoms with Gasteiger partial charge < -0.3 is 14.8 Å². The smallest absolute Gasteiger partial charge is 0.161 e. The number of methoxy groups -OCH3 is 1. The molecule has 1 heterocycles. The van der Waals surface area contributed by atoms with E-state index in [0.29, 0.717) is 24.0 Å². The summed E-state index contributed by atoms with van der Waals surface area (Å²) in [5.41, 5.74) is 1.11. The Kier molecular flexibility index (Phi) is 5.69. The predicted molar refractivity (Wildman–Crippen MR) is 86.0 cm³/mol. The van der Waals surface area contributed by atoms with Crippen LogP contribution in [-0.2, 0) is 16.4 Å². The third-order valence-corrected chi connectivity index (χ3v) is 5.55. The number of hydrogen-bond acceptors (Lipinski definition) is 4. The summed E-state index contributed by atoms with van der Waals surface area (Å²) in [7, 11) is -1.18. The van der Waals surface area contributed by atoms with Crippen molar-refractivity contribution in [1.29, 1.82) is 0 Å². The van der Waals surface area contributed by atoms with Gasteiger partial charge in [-0.3, -0.25) is 0 Å². The van der Waals surface area contributed by atoms with Gasteiger partial charge in [0.25, 0.3) is 0 Å². The summed E-state index contributed by atoms with van der Waals surface area (Å²) in [6.45, 7) is 5.61. The Bertz CT molecular complexity index is 598. The standard InChI is InChI=1S/C16H25NO4S/c1-12(2)10-21-15-5-4-13(8-16(15)20-3)9-17-14-6-7-22(18,19)11-14/h4-5,8,12,14,17H,6-7,9-11H2,1-3H3/p+1/t14-/m1/s1. The van der Waals surface area contributed by atoms with Gasteiger partial charge in [-0.05, 0) is 24.1 Å². The van der Waals surface area contributed by atoms with Crippen LogP contribution in [0.1, 0.15) is 25.8 Å². The van der Waals surface area contributed by atoms with Gasteiger partial charge in [0.1, 0.15) is 18.3 Å². The van der Waals surface area contributed by atoms with Crippen molar-refractivity contribution in [2.24, 2.45) is 5.92 Å². The Morgan fingerprint density at radius 1 is 1.32 bits per heavy atom. The number of hydrogen-bond donors (Lipinski definition) is 1. The van der Waals surface area contributed by atoms with E-state index in [2.05, 4.69) is 19.2 Å². The minimum absolute atomic E-state index is 0.174. The van der Waals surface area contributed by atoms with Crippen LogP contribution in [0.2, 0.25) is 0 Å². The normalized spacial score (nSPS) is 20.3. The van der Waals surface area contributed by atoms with E-state index in [9.17, 15) is 8.42 Å². The van der Waals surface area contributed by atoms with Gasteiger partial charge >= 0.3 is 0 Å². The molecule has 22 heavy (non-hydrogen) atoms. The van der Waals surface area contributed by atoms with E-state index >= 15 is 0 Å². The lowest BCUT2D eigenvalue weighted by Gasteiger charge is -2.14. The summed E-state index contributed by atoms with van der Waals surface area (Å²) < 4.78 is 34.1. The number of ether oxygens (including phenoxy) is 2. The lowest BCUT2D eigenvalue weighted by atomic mass is 10.1. The maximum Gasteiger partial charge on any atom is 0.161 e. The molecule has 1 aliphatic heterocycles. The Morgan fingerprint density at radius 2 is 2.09 bits per heavy atom. The lowest BCUT2D eigenvalue weighted by Crippen LogP contribution is -2.89. The van der Waals surface area contributed by atoms with Crippen molar-refractivity contribution in [3.05, 3.63) is 23.8 Å². The first-order chi connectivity index (χ1) is 10.4. The van der Waals surface area contributed by atoms with Crippen LogP contribution in [0.5, 0.6) is 11.5 Å². The van der Waals surface area contributed by atoms with Gasteiger partial charge in [-0.2, -0.15) is 0 Å². The van der Waals surface area contributed by atoms with E-state index in [1.54, 1.807) is 7.11 Å². The highest BCUT2D eigenvalue weighted by atomic mass is 32.2. The molecule has 0 aliphatic carbocycles. The van der Waals surface area contributed by atoms with Crippen molar-refractivity contribution in [2.75, 3.05) is 25.2 Å². The summed E-state index contributed by atoms with van der Waals surface area (Å²) in [5.74, 6) is 2.55. The van der Waals surface area contributed by atoms with Crippen molar-refractivity contribution >= 4 is 9.84 Å². The monoisotopic (exact) mass is 328 g/mol. The van der Waals surface area contributed by atoms with E-state index in [4.69, 9.17) is 9.47 Å². The van der Waals surface area contributed by atoms with Crippen LogP contribution < -0.4 is 14.8 Å². The van der Waals surface area contributed by atoms with Crippen molar-refractivity contribution in [3.63, 3.8) is 0 Å². The molecule has 1 saturated heterocycles. The first-order valence-electron chi connectivity index (χ1n) is 7.73. The molecule has 124 valence electrons. The minimum atomic E-state index is -2.81. The van der Waals surface area contributed by atoms with E-state index in [0.717, 1.165) is 30.0 Å². The molecule has 0 aromatic heterocycles. The number of rotatable bonds is 7. The summed E-state index contributed by atoms with van der Waals surface area (Å²) in [6, 6.07) is 6.08. The Labute approximate surface area is 132 Å². The fraction of sp³-hybridized carbons (Fsp3) is 0.625. The van der Waals surface area contributed by atoms with Gasteiger partial charge in [-0.25, -0.2) is 8.42 Å². The average Bonchev–Trinajstić information content (AvgIpc) is 2.82. The van der Waals surface area contributed by atoms with Gasteiger partial charge in [-0.15, -0.1) is 0 Å². The van der Waals surface area contributed by atoms with Crippen molar-refractivity contribution < 1.29 is 23.2 Å². The number of benzene rings is 1. The highest BCUT2D eigenvalue weighted by Crippen LogP contribution is 2.28. The SMILES string of the molecule is COc1cc(C[NH2+][C@@H]2CCS(=O)(=O)C2)ccc1OCC(C)C. The molecule has 1 aliphatic rings. The molecule has 1 atom stereocenters. The quantitative estimate of drug-likeness (QED) is 0.810. The molecular formula is C16H26NO4S+. The lowest BCUT2D eigenvalue weighted by molar-refractivity contribution is -0.699. The van der Waals surface area contributed by atoms with Gasteiger partial charge in [-0.1, -0.05) is 13.8 Å². The molecule has 5 nitrogen and oxygen atoms in total. The molecule has 0 bridgehead atoms. The van der Waals surface area contributed by atoms with Crippen LogP contribution in [0, 0.1) is 5.92 Å². The Hall–Kier alpha value is -1.27. The number of quaternary nitrogens is 1. The molecule has 0 amide bonds. The molecule has 0 unspecified atom stereocenters. The molecule has 1 aromatic rings. The fourth-order valence-electron chi connectivity index (χ4n) is 2.53. The summed E-state index contributed by atoms with van der Waals surface area (Å²) in [6.07, 6.45) is 0.745. The molecule has 1 aromatic carbocycles. The van der Waals surface area contributed by atoms with Crippen LogP contribution in [0.3, 0.4) is 0 Å². The maximum atomic E-state index is 11.5. The summed E-state index contributed by atoms with van der Waals surface area (Å²) in [5, 5.41) is 2.11. The van der Waals surface area contributed by atoms with Gasteiger partial charge in [0.2, 0.25) is 0 Å². The first-order valence-corrected chi connectivity index (χ1v) is 9.55. The zero-order valence-corrected chi connectivity index (χ0v) is 14.4. The fourth-order valence-corrected chi connectivity index (χ4v) is 4.31. The second-order valence-electron chi connectivity index (χ2n) is 6.29. The zero-order chi connectivity index (χ0) is 16.2. The van der Waals surface area contributed by atoms with E-state index in [1.807, 2.05) is 18.2 Å². The molecule has 0 spiro atoms. The molecule has 1 fully saturated rings. The second kappa shape index (κ2) is 7.33. The third kappa shape index (κ3) is 4.88. The third-order valence-electron chi connectivity index (χ3n) is 3.75. The largest absolute Gasteiger partial charge is 0.493 e. The first kappa shape index (κ1) is 17.1. The summed E-state index contributed by atoms with van der Waals surface area (Å²) >= 11 is 0. The Morgan fingerprint density at radius 3 is 2.68 bits per heavy atom. The van der Waals surface area contributed by atoms with E-state index in [1.165, 1.54) is 0 Å². The van der Waals surface area contributed by atoms with Crippen molar-refractivity contribution in [2.45, 2.75) is 32.9 Å². The second-order valence-corrected chi connectivity index (χ2v) is 8.52. The molecule has 2 rings (SSSR count). The molecular weight excluding hydrogens is 302 g/mol. The van der Waals surface area contributed by atoms with Gasteiger partial charge in [0.15, 0.2) is 21.3 Å². The molecule has 0 radical (unpaired) electrons. The van der Waals surface area contributed by atoms with Crippen LogP contribution in [0.25, 0.3) is 0 Å². The Balaban J connectivity index is 1.94. The van der Waals surface area contributed by atoms with Crippen LogP contribution in [-0.4, -0.2) is 39.7 Å². The highest BCUT2D eigenvalue weighted by molar-refractivity contribution is 7.91. The molecule has 6 heteroatoms. The average molecular weight is 328 g/mol. The van der Waals surface area contributed by atoms with Crippen molar-refractivity contribution in [3.8, 4) is 11.5 Å². The number of nitrogens with two attached hydrogens (primary N) is 1. The zero-order valence-electron chi connectivity index (χ0n) is 13.5. The van der Waals surface area contributed by atoms with Crippen LogP contribution in [0.4, 0.5) is 0 Å². The van der Waals surface area contributed by atoms with Gasteiger partial charge in [0, 0.05) is 12.0 Å². The van der Waals surface area contributed by atoms with Crippen LogP contribution in [0.15, 0.2) is 18.2 Å². The minimum Gasteiger partial charge on any atom is -0.493 e. The molecule has 0 saturated carbocycles. The van der Waals surface area contributed by atoms with Crippen molar-refractivity contribution in [1.82, 2.24) is 0 Å². The topological polar surface area (TPSA) is 69.2 Å². The highest BCUT2D eigenvalue weighted by Gasteiger charge is 2.30. The maximum absolute atomic E-state index is 11.5. The summed E-state index contributed by atoms with van der Waals surface area (Å²) in [4.78, 5) is 0.